The van der Waals surface area contributed by atoms with Crippen molar-refractivity contribution in [2.24, 2.45) is 0 Å². The van der Waals surface area contributed by atoms with Crippen LogP contribution in [0.1, 0.15) is 12.5 Å². The largest absolute Gasteiger partial charge is 0.493 e. The summed E-state index contributed by atoms with van der Waals surface area (Å²) < 4.78 is 21.6. The summed E-state index contributed by atoms with van der Waals surface area (Å²) in [6.07, 6.45) is -0.665. The highest BCUT2D eigenvalue weighted by molar-refractivity contribution is 6.30. The van der Waals surface area contributed by atoms with E-state index in [1.807, 2.05) is 6.07 Å². The molecule has 0 aromatic heterocycles. The average Bonchev–Trinajstić information content (AvgIpc) is 2.66. The maximum absolute atomic E-state index is 12.3. The van der Waals surface area contributed by atoms with Crippen LogP contribution in [0.25, 0.3) is 0 Å². The van der Waals surface area contributed by atoms with Crippen LogP contribution in [0.3, 0.4) is 0 Å². The van der Waals surface area contributed by atoms with E-state index in [1.165, 1.54) is 14.2 Å². The molecule has 0 spiro atoms. The van der Waals surface area contributed by atoms with Crippen molar-refractivity contribution in [1.29, 1.82) is 0 Å². The molecule has 0 saturated carbocycles. The molecule has 1 amide bonds. The Kier molecular flexibility index (Phi) is 6.97. The molecule has 0 bridgehead atoms. The van der Waals surface area contributed by atoms with E-state index >= 15 is 0 Å². The van der Waals surface area contributed by atoms with Gasteiger partial charge >= 0.3 is 0 Å². The molecule has 6 nitrogen and oxygen atoms in total. The highest BCUT2D eigenvalue weighted by Crippen LogP contribution is 2.39. The van der Waals surface area contributed by atoms with Gasteiger partial charge in [-0.2, -0.15) is 0 Å². The van der Waals surface area contributed by atoms with Crippen molar-refractivity contribution in [3.63, 3.8) is 0 Å². The SMILES string of the molecule is COc1ccc(CNC(=O)[C@H](C)Oc2ccc(Cl)cc2)c(OC)c1OC. The second-order valence-corrected chi connectivity index (χ2v) is 5.86. The number of hydrogen-bond donors (Lipinski definition) is 1. The van der Waals surface area contributed by atoms with Crippen LogP contribution >= 0.6 is 11.6 Å². The second kappa shape index (κ2) is 9.20. The minimum absolute atomic E-state index is 0.253. The third kappa shape index (κ3) is 4.73. The molecule has 0 saturated heterocycles. The van der Waals surface area contributed by atoms with Gasteiger partial charge in [0.15, 0.2) is 17.6 Å². The Morgan fingerprint density at radius 3 is 2.23 bits per heavy atom. The number of amides is 1. The van der Waals surface area contributed by atoms with Gasteiger partial charge in [-0.05, 0) is 43.3 Å². The lowest BCUT2D eigenvalue weighted by molar-refractivity contribution is -0.127. The maximum atomic E-state index is 12.3. The first-order valence-electron chi connectivity index (χ1n) is 7.98. The maximum Gasteiger partial charge on any atom is 0.261 e. The van der Waals surface area contributed by atoms with E-state index in [1.54, 1.807) is 44.4 Å². The molecule has 7 heteroatoms. The van der Waals surface area contributed by atoms with Crippen LogP contribution in [-0.4, -0.2) is 33.3 Å². The third-order valence-corrected chi connectivity index (χ3v) is 3.99. The summed E-state index contributed by atoms with van der Waals surface area (Å²) in [6, 6.07) is 10.4. The highest BCUT2D eigenvalue weighted by Gasteiger charge is 2.18. The summed E-state index contributed by atoms with van der Waals surface area (Å²) >= 11 is 5.84. The molecular formula is C19H22ClNO5. The quantitative estimate of drug-likeness (QED) is 0.761. The topological polar surface area (TPSA) is 66.0 Å². The highest BCUT2D eigenvalue weighted by atomic mass is 35.5. The lowest BCUT2D eigenvalue weighted by atomic mass is 10.1. The summed E-state index contributed by atoms with van der Waals surface area (Å²) in [5.41, 5.74) is 0.761. The number of nitrogens with one attached hydrogen (secondary N) is 1. The molecule has 1 N–H and O–H groups in total. The van der Waals surface area contributed by atoms with Crippen molar-refractivity contribution in [3.05, 3.63) is 47.0 Å². The van der Waals surface area contributed by atoms with E-state index < -0.39 is 6.10 Å². The zero-order valence-corrected chi connectivity index (χ0v) is 15.9. The van der Waals surface area contributed by atoms with Crippen molar-refractivity contribution in [2.45, 2.75) is 19.6 Å². The summed E-state index contributed by atoms with van der Waals surface area (Å²) in [7, 11) is 4.62. The molecule has 2 aromatic rings. The number of carbonyl (C=O) groups is 1. The molecule has 0 radical (unpaired) electrons. The molecule has 140 valence electrons. The molecule has 1 atom stereocenters. The van der Waals surface area contributed by atoms with E-state index in [4.69, 9.17) is 30.5 Å². The van der Waals surface area contributed by atoms with Gasteiger partial charge in [-0.15, -0.1) is 0 Å². The van der Waals surface area contributed by atoms with Gasteiger partial charge in [-0.1, -0.05) is 11.6 Å². The summed E-state index contributed by atoms with van der Waals surface area (Å²) in [5, 5.41) is 3.43. The molecule has 0 aliphatic carbocycles. The fraction of sp³-hybridized carbons (Fsp3) is 0.316. The van der Waals surface area contributed by atoms with Crippen molar-refractivity contribution >= 4 is 17.5 Å². The van der Waals surface area contributed by atoms with Crippen LogP contribution in [0.15, 0.2) is 36.4 Å². The summed E-state index contributed by atoms with van der Waals surface area (Å²) in [6.45, 7) is 1.94. The van der Waals surface area contributed by atoms with E-state index in [-0.39, 0.29) is 12.5 Å². The van der Waals surface area contributed by atoms with Gasteiger partial charge in [0.1, 0.15) is 5.75 Å². The third-order valence-electron chi connectivity index (χ3n) is 3.73. The van der Waals surface area contributed by atoms with Crippen LogP contribution in [0.4, 0.5) is 0 Å². The number of benzene rings is 2. The van der Waals surface area contributed by atoms with Gasteiger partial charge in [0.25, 0.3) is 5.91 Å². The zero-order valence-electron chi connectivity index (χ0n) is 15.2. The number of hydrogen-bond acceptors (Lipinski definition) is 5. The van der Waals surface area contributed by atoms with Gasteiger partial charge < -0.3 is 24.3 Å². The first-order chi connectivity index (χ1) is 12.5. The molecule has 0 heterocycles. The summed E-state index contributed by atoms with van der Waals surface area (Å²) in [5.74, 6) is 1.86. The average molecular weight is 380 g/mol. The van der Waals surface area contributed by atoms with Crippen molar-refractivity contribution < 1.29 is 23.7 Å². The molecule has 0 aliphatic rings. The molecule has 0 unspecified atom stereocenters. The van der Waals surface area contributed by atoms with Gasteiger partial charge in [-0.3, -0.25) is 4.79 Å². The van der Waals surface area contributed by atoms with Crippen molar-refractivity contribution in [3.8, 4) is 23.0 Å². The second-order valence-electron chi connectivity index (χ2n) is 5.43. The first-order valence-corrected chi connectivity index (χ1v) is 8.35. The Balaban J connectivity index is 2.03. The van der Waals surface area contributed by atoms with Crippen LogP contribution in [0, 0.1) is 0 Å². The predicted molar refractivity (Wildman–Crippen MR) is 99.5 cm³/mol. The van der Waals surface area contributed by atoms with Crippen LogP contribution in [-0.2, 0) is 11.3 Å². The molecule has 0 fully saturated rings. The first kappa shape index (κ1) is 19.7. The Bertz CT molecular complexity index is 748. The molecule has 2 aromatic carbocycles. The number of carbonyl (C=O) groups excluding carboxylic acids is 1. The van der Waals surface area contributed by atoms with Gasteiger partial charge in [0, 0.05) is 17.1 Å². The van der Waals surface area contributed by atoms with Gasteiger partial charge in [-0.25, -0.2) is 0 Å². The van der Waals surface area contributed by atoms with E-state index in [9.17, 15) is 4.79 Å². The molecular weight excluding hydrogens is 358 g/mol. The van der Waals surface area contributed by atoms with E-state index in [0.717, 1.165) is 5.56 Å². The van der Waals surface area contributed by atoms with Crippen molar-refractivity contribution in [1.82, 2.24) is 5.32 Å². The fourth-order valence-corrected chi connectivity index (χ4v) is 2.53. The smallest absolute Gasteiger partial charge is 0.261 e. The molecule has 2 rings (SSSR count). The number of ether oxygens (including phenoxy) is 4. The van der Waals surface area contributed by atoms with Crippen molar-refractivity contribution in [2.75, 3.05) is 21.3 Å². The number of halogens is 1. The number of methoxy groups -OCH3 is 3. The minimum Gasteiger partial charge on any atom is -0.493 e. The monoisotopic (exact) mass is 379 g/mol. The Morgan fingerprint density at radius 2 is 1.65 bits per heavy atom. The zero-order chi connectivity index (χ0) is 19.1. The van der Waals surface area contributed by atoms with E-state index in [2.05, 4.69) is 5.32 Å². The van der Waals surface area contributed by atoms with Crippen LogP contribution < -0.4 is 24.3 Å². The fourth-order valence-electron chi connectivity index (χ4n) is 2.40. The Labute approximate surface area is 158 Å². The van der Waals surface area contributed by atoms with Crippen LogP contribution in [0.5, 0.6) is 23.0 Å². The normalized spacial score (nSPS) is 11.4. The Hall–Kier alpha value is -2.60. The summed E-state index contributed by atoms with van der Waals surface area (Å²) in [4.78, 5) is 12.3. The number of rotatable bonds is 8. The standard InChI is InChI=1S/C19H22ClNO5/c1-12(26-15-8-6-14(20)7-9-15)19(22)21-11-13-5-10-16(23-2)18(25-4)17(13)24-3/h5-10,12H,11H2,1-4H3,(H,21,22)/t12-/m0/s1. The van der Waals surface area contributed by atoms with Gasteiger partial charge in [0.05, 0.1) is 21.3 Å². The Morgan fingerprint density at radius 1 is 1.00 bits per heavy atom. The minimum atomic E-state index is -0.665. The van der Waals surface area contributed by atoms with Gasteiger partial charge in [0.2, 0.25) is 5.75 Å². The van der Waals surface area contributed by atoms with E-state index in [0.29, 0.717) is 28.0 Å². The molecule has 0 aliphatic heterocycles. The lowest BCUT2D eigenvalue weighted by Gasteiger charge is -2.18. The predicted octanol–water partition coefficient (Wildman–Crippen LogP) is 3.45. The van der Waals surface area contributed by atoms with Crippen LogP contribution in [0.2, 0.25) is 5.02 Å². The lowest BCUT2D eigenvalue weighted by Crippen LogP contribution is -2.36. The molecule has 26 heavy (non-hydrogen) atoms.